The molecule has 0 aliphatic rings. The number of rotatable bonds is 10. The highest BCUT2D eigenvalue weighted by molar-refractivity contribution is 8.00. The van der Waals surface area contributed by atoms with Crippen molar-refractivity contribution in [3.8, 4) is 0 Å². The van der Waals surface area contributed by atoms with Crippen LogP contribution < -0.4 is 5.32 Å². The van der Waals surface area contributed by atoms with Gasteiger partial charge in [-0.2, -0.15) is 0 Å². The Bertz CT molecular complexity index is 423. The first kappa shape index (κ1) is 18.1. The number of hydrogen-bond acceptors (Lipinski definition) is 4. The summed E-state index contributed by atoms with van der Waals surface area (Å²) in [7, 11) is 0. The molecule has 1 unspecified atom stereocenters. The van der Waals surface area contributed by atoms with Crippen LogP contribution in [0.5, 0.6) is 0 Å². The summed E-state index contributed by atoms with van der Waals surface area (Å²) in [5.74, 6) is -0.0983. The average molecular weight is 309 g/mol. The number of hydrogen-bond donors (Lipinski definition) is 1. The standard InChI is InChI=1S/C17H27NO2S/c1-4-8-16(17(19)20-6-3)21-15-10-7-9-14(12-15)13-18-11-5-2/h7,9-10,12,16,18H,4-6,8,11,13H2,1-3H3. The maximum absolute atomic E-state index is 12.0. The summed E-state index contributed by atoms with van der Waals surface area (Å²) >= 11 is 1.61. The summed E-state index contributed by atoms with van der Waals surface area (Å²) in [5.41, 5.74) is 1.26. The second-order valence-corrected chi connectivity index (χ2v) is 6.25. The molecule has 0 radical (unpaired) electrons. The van der Waals surface area contributed by atoms with Crippen LogP contribution in [0.2, 0.25) is 0 Å². The van der Waals surface area contributed by atoms with E-state index >= 15 is 0 Å². The summed E-state index contributed by atoms with van der Waals surface area (Å²) in [4.78, 5) is 13.1. The molecule has 1 N–H and O–H groups in total. The SMILES string of the molecule is CCCNCc1cccc(SC(CCC)C(=O)OCC)c1. The van der Waals surface area contributed by atoms with Crippen molar-refractivity contribution in [3.05, 3.63) is 29.8 Å². The van der Waals surface area contributed by atoms with Gasteiger partial charge < -0.3 is 10.1 Å². The van der Waals surface area contributed by atoms with Gasteiger partial charge in [0.25, 0.3) is 0 Å². The lowest BCUT2D eigenvalue weighted by Gasteiger charge is -2.15. The number of ether oxygens (including phenoxy) is 1. The van der Waals surface area contributed by atoms with Gasteiger partial charge >= 0.3 is 5.97 Å². The van der Waals surface area contributed by atoms with Crippen LogP contribution in [0.3, 0.4) is 0 Å². The molecular weight excluding hydrogens is 282 g/mol. The first-order valence-corrected chi connectivity index (χ1v) is 8.72. The molecule has 0 aliphatic heterocycles. The molecule has 118 valence electrons. The zero-order valence-electron chi connectivity index (χ0n) is 13.4. The summed E-state index contributed by atoms with van der Waals surface area (Å²) in [6.45, 7) is 8.46. The van der Waals surface area contributed by atoms with Crippen LogP contribution in [0.25, 0.3) is 0 Å². The second kappa shape index (κ2) is 10.7. The Morgan fingerprint density at radius 1 is 1.29 bits per heavy atom. The van der Waals surface area contributed by atoms with Gasteiger partial charge in [0.1, 0.15) is 5.25 Å². The molecule has 0 saturated heterocycles. The fourth-order valence-corrected chi connectivity index (χ4v) is 3.25. The Morgan fingerprint density at radius 3 is 2.76 bits per heavy atom. The fraction of sp³-hybridized carbons (Fsp3) is 0.588. The molecule has 1 aromatic carbocycles. The molecule has 1 atom stereocenters. The van der Waals surface area contributed by atoms with E-state index in [2.05, 4.69) is 43.4 Å². The van der Waals surface area contributed by atoms with Gasteiger partial charge in [0, 0.05) is 11.4 Å². The van der Waals surface area contributed by atoms with Crippen molar-refractivity contribution in [2.75, 3.05) is 13.2 Å². The molecule has 1 rings (SSSR count). The number of carbonyl (C=O) groups excluding carboxylic acids is 1. The lowest BCUT2D eigenvalue weighted by Crippen LogP contribution is -2.20. The van der Waals surface area contributed by atoms with Gasteiger partial charge in [0.05, 0.1) is 6.61 Å². The third-order valence-corrected chi connectivity index (χ3v) is 4.27. The number of carbonyl (C=O) groups is 1. The van der Waals surface area contributed by atoms with Gasteiger partial charge in [-0.1, -0.05) is 32.4 Å². The van der Waals surface area contributed by atoms with E-state index in [0.717, 1.165) is 37.2 Å². The van der Waals surface area contributed by atoms with E-state index in [1.807, 2.05) is 6.92 Å². The molecule has 0 bridgehead atoms. The highest BCUT2D eigenvalue weighted by Crippen LogP contribution is 2.28. The van der Waals surface area contributed by atoms with Crippen LogP contribution >= 0.6 is 11.8 Å². The van der Waals surface area contributed by atoms with Crippen molar-refractivity contribution in [3.63, 3.8) is 0 Å². The van der Waals surface area contributed by atoms with Crippen LogP contribution in [-0.2, 0) is 16.1 Å². The predicted molar refractivity (Wildman–Crippen MR) is 89.6 cm³/mol. The molecule has 4 heteroatoms. The van der Waals surface area contributed by atoms with Gasteiger partial charge in [-0.25, -0.2) is 0 Å². The van der Waals surface area contributed by atoms with Crippen molar-refractivity contribution in [1.82, 2.24) is 5.32 Å². The normalized spacial score (nSPS) is 12.1. The number of thioether (sulfide) groups is 1. The maximum atomic E-state index is 12.0. The van der Waals surface area contributed by atoms with E-state index in [4.69, 9.17) is 4.74 Å². The van der Waals surface area contributed by atoms with Crippen LogP contribution in [0.4, 0.5) is 0 Å². The monoisotopic (exact) mass is 309 g/mol. The zero-order chi connectivity index (χ0) is 15.5. The lowest BCUT2D eigenvalue weighted by molar-refractivity contribution is -0.142. The molecule has 1 aromatic rings. The minimum absolute atomic E-state index is 0.0983. The minimum Gasteiger partial charge on any atom is -0.465 e. The van der Waals surface area contributed by atoms with Crippen molar-refractivity contribution in [2.45, 2.75) is 56.7 Å². The summed E-state index contributed by atoms with van der Waals surface area (Å²) in [6, 6.07) is 8.40. The van der Waals surface area contributed by atoms with Crippen molar-refractivity contribution < 1.29 is 9.53 Å². The molecule has 0 saturated carbocycles. The topological polar surface area (TPSA) is 38.3 Å². The molecule has 21 heavy (non-hydrogen) atoms. The second-order valence-electron chi connectivity index (χ2n) is 4.97. The van der Waals surface area contributed by atoms with Crippen molar-refractivity contribution in [2.24, 2.45) is 0 Å². The largest absolute Gasteiger partial charge is 0.465 e. The predicted octanol–water partition coefficient (Wildman–Crippen LogP) is 4.01. The lowest BCUT2D eigenvalue weighted by atomic mass is 10.2. The number of nitrogens with one attached hydrogen (secondary N) is 1. The van der Waals surface area contributed by atoms with Crippen molar-refractivity contribution >= 4 is 17.7 Å². The molecule has 0 aliphatic carbocycles. The van der Waals surface area contributed by atoms with Gasteiger partial charge in [0.2, 0.25) is 0 Å². The van der Waals surface area contributed by atoms with Crippen LogP contribution in [0.1, 0.15) is 45.6 Å². The molecule has 0 aromatic heterocycles. The number of esters is 1. The van der Waals surface area contributed by atoms with E-state index in [9.17, 15) is 4.79 Å². The first-order valence-electron chi connectivity index (χ1n) is 7.84. The van der Waals surface area contributed by atoms with Crippen molar-refractivity contribution in [1.29, 1.82) is 0 Å². The Balaban J connectivity index is 2.65. The minimum atomic E-state index is -0.103. The third kappa shape index (κ3) is 7.00. The average Bonchev–Trinajstić information content (AvgIpc) is 2.48. The van der Waals surface area contributed by atoms with Crippen LogP contribution in [-0.4, -0.2) is 24.4 Å². The Labute approximate surface area is 132 Å². The van der Waals surface area contributed by atoms with E-state index in [-0.39, 0.29) is 11.2 Å². The first-order chi connectivity index (χ1) is 10.2. The smallest absolute Gasteiger partial charge is 0.319 e. The van der Waals surface area contributed by atoms with Gasteiger partial charge in [-0.3, -0.25) is 4.79 Å². The molecule has 0 fully saturated rings. The highest BCUT2D eigenvalue weighted by Gasteiger charge is 2.20. The van der Waals surface area contributed by atoms with Crippen LogP contribution in [0, 0.1) is 0 Å². The maximum Gasteiger partial charge on any atom is 0.319 e. The van der Waals surface area contributed by atoms with Crippen LogP contribution in [0.15, 0.2) is 29.2 Å². The zero-order valence-corrected chi connectivity index (χ0v) is 14.2. The van der Waals surface area contributed by atoms with E-state index in [0.29, 0.717) is 6.61 Å². The molecule has 0 spiro atoms. The Kier molecular flexibility index (Phi) is 9.19. The molecular formula is C17H27NO2S. The summed E-state index contributed by atoms with van der Waals surface area (Å²) in [5, 5.41) is 3.30. The summed E-state index contributed by atoms with van der Waals surface area (Å²) in [6.07, 6.45) is 2.96. The van der Waals surface area contributed by atoms with E-state index < -0.39 is 0 Å². The van der Waals surface area contributed by atoms with E-state index in [1.54, 1.807) is 11.8 Å². The highest BCUT2D eigenvalue weighted by atomic mass is 32.2. The van der Waals surface area contributed by atoms with Gasteiger partial charge in [-0.05, 0) is 44.0 Å². The quantitative estimate of drug-likeness (QED) is 0.402. The molecule has 0 amide bonds. The summed E-state index contributed by atoms with van der Waals surface area (Å²) < 4.78 is 5.17. The third-order valence-electron chi connectivity index (χ3n) is 3.03. The van der Waals surface area contributed by atoms with Gasteiger partial charge in [-0.15, -0.1) is 11.8 Å². The Hall–Kier alpha value is -1.00. The molecule has 0 heterocycles. The Morgan fingerprint density at radius 2 is 2.10 bits per heavy atom. The molecule has 3 nitrogen and oxygen atoms in total. The number of benzene rings is 1. The fourth-order valence-electron chi connectivity index (χ4n) is 2.02. The van der Waals surface area contributed by atoms with Gasteiger partial charge in [0.15, 0.2) is 0 Å². The van der Waals surface area contributed by atoms with E-state index in [1.165, 1.54) is 5.56 Å².